The molecule has 0 radical (unpaired) electrons. The van der Waals surface area contributed by atoms with Gasteiger partial charge in [-0.2, -0.15) is 0 Å². The highest BCUT2D eigenvalue weighted by molar-refractivity contribution is 14.1. The number of carbonyl (C=O) groups is 1. The van der Waals surface area contributed by atoms with Crippen molar-refractivity contribution in [2.45, 2.75) is 77.5 Å². The highest BCUT2D eigenvalue weighted by Crippen LogP contribution is 2.43. The van der Waals surface area contributed by atoms with E-state index in [2.05, 4.69) is 78.0 Å². The van der Waals surface area contributed by atoms with Crippen LogP contribution < -0.4 is 0 Å². The average Bonchev–Trinajstić information content (AvgIpc) is 1.94. The van der Waals surface area contributed by atoms with E-state index in [1.54, 1.807) is 0 Å². The van der Waals surface area contributed by atoms with Crippen LogP contribution in [0, 0.1) is 10.8 Å². The van der Waals surface area contributed by atoms with Gasteiger partial charge < -0.3 is 4.79 Å². The molecule has 0 N–H and O–H groups in total. The summed E-state index contributed by atoms with van der Waals surface area (Å²) in [5.41, 5.74) is 0.801. The highest BCUT2D eigenvalue weighted by atomic mass is 127. The molecule has 0 saturated heterocycles. The second-order valence-corrected chi connectivity index (χ2v) is 10.3. The maximum absolute atomic E-state index is 12.1. The summed E-state index contributed by atoms with van der Waals surface area (Å²) in [4.78, 5) is 12.1. The lowest BCUT2D eigenvalue weighted by Gasteiger charge is -2.36. The predicted molar refractivity (Wildman–Crippen MR) is 92.1 cm³/mol. The van der Waals surface area contributed by atoms with Crippen LogP contribution in [0.5, 0.6) is 0 Å². The number of hydrogen-bond donors (Lipinski definition) is 0. The summed E-state index contributed by atoms with van der Waals surface area (Å²) in [5, 5.41) is 0.102. The molecule has 0 aromatic heterocycles. The third kappa shape index (κ3) is 7.80. The molecule has 0 bridgehead atoms. The van der Waals surface area contributed by atoms with Crippen molar-refractivity contribution < 1.29 is 4.79 Å². The van der Waals surface area contributed by atoms with Crippen LogP contribution in [0.15, 0.2) is 0 Å². The number of halogens is 1. The van der Waals surface area contributed by atoms with Gasteiger partial charge in [0.1, 0.15) is 0 Å². The summed E-state index contributed by atoms with van der Waals surface area (Å²) in [5.74, 6) is 0. The van der Waals surface area contributed by atoms with Crippen molar-refractivity contribution in [3.05, 3.63) is 0 Å². The molecule has 3 heteroatoms. The SMILES string of the molecule is CC(I)C(C)(C)CC(C)(C)BC(=O)CC(C)(C)C. The van der Waals surface area contributed by atoms with Crippen molar-refractivity contribution in [2.24, 2.45) is 10.8 Å². The molecule has 0 aliphatic rings. The Morgan fingerprint density at radius 2 is 1.56 bits per heavy atom. The zero-order valence-electron chi connectivity index (χ0n) is 13.5. The Kier molecular flexibility index (Phi) is 6.44. The minimum Gasteiger partial charge on any atom is -0.312 e. The molecule has 0 aliphatic heterocycles. The predicted octanol–water partition coefficient (Wildman–Crippen LogP) is 4.82. The Morgan fingerprint density at radius 1 is 1.11 bits per heavy atom. The molecule has 0 spiro atoms. The van der Waals surface area contributed by atoms with Crippen molar-refractivity contribution in [1.29, 1.82) is 0 Å². The Hall–Kier alpha value is 0.465. The molecule has 0 rings (SSSR count). The van der Waals surface area contributed by atoms with Crippen molar-refractivity contribution in [1.82, 2.24) is 0 Å². The average molecular weight is 364 g/mol. The van der Waals surface area contributed by atoms with Gasteiger partial charge in [-0.05, 0) is 17.3 Å². The molecule has 18 heavy (non-hydrogen) atoms. The van der Waals surface area contributed by atoms with E-state index in [1.807, 2.05) is 0 Å². The van der Waals surface area contributed by atoms with Crippen molar-refractivity contribution in [3.8, 4) is 0 Å². The van der Waals surface area contributed by atoms with Crippen LogP contribution in [0.25, 0.3) is 0 Å². The van der Waals surface area contributed by atoms with Gasteiger partial charge in [0.25, 0.3) is 0 Å². The summed E-state index contributed by atoms with van der Waals surface area (Å²) in [6.07, 6.45) is 1.79. The van der Waals surface area contributed by atoms with E-state index in [4.69, 9.17) is 0 Å². The van der Waals surface area contributed by atoms with Gasteiger partial charge in [-0.1, -0.05) is 83.3 Å². The van der Waals surface area contributed by atoms with Crippen LogP contribution in [0.2, 0.25) is 5.31 Å². The molecule has 0 heterocycles. The molecular weight excluding hydrogens is 334 g/mol. The number of rotatable bonds is 6. The van der Waals surface area contributed by atoms with Crippen LogP contribution in [-0.2, 0) is 4.79 Å². The topological polar surface area (TPSA) is 17.1 Å². The van der Waals surface area contributed by atoms with Gasteiger partial charge >= 0.3 is 0 Å². The number of hydrogen-bond acceptors (Lipinski definition) is 1. The summed E-state index contributed by atoms with van der Waals surface area (Å²) >= 11 is 2.50. The third-order valence-corrected chi connectivity index (χ3v) is 5.10. The summed E-state index contributed by atoms with van der Waals surface area (Å²) < 4.78 is 0.618. The first-order valence-corrected chi connectivity index (χ1v) is 8.16. The van der Waals surface area contributed by atoms with E-state index in [-0.39, 0.29) is 16.1 Å². The Labute approximate surface area is 128 Å². The standard InChI is InChI=1S/C15H30BIO/c1-11(17)14(5,6)10-15(7,8)16-12(18)9-13(2,3)4/h11,16H,9-10H2,1-8H3. The maximum Gasteiger partial charge on any atom is 0.211 e. The first kappa shape index (κ1) is 18.5. The van der Waals surface area contributed by atoms with E-state index >= 15 is 0 Å². The van der Waals surface area contributed by atoms with Gasteiger partial charge in [-0.15, -0.1) is 0 Å². The Bertz CT molecular complexity index is 287. The smallest absolute Gasteiger partial charge is 0.211 e. The van der Waals surface area contributed by atoms with E-state index in [0.29, 0.717) is 23.3 Å². The fourth-order valence-corrected chi connectivity index (χ4v) is 2.84. The van der Waals surface area contributed by atoms with Gasteiger partial charge in [0.2, 0.25) is 7.28 Å². The molecule has 0 amide bonds. The van der Waals surface area contributed by atoms with Gasteiger partial charge in [-0.25, -0.2) is 0 Å². The van der Waals surface area contributed by atoms with E-state index in [0.717, 1.165) is 6.42 Å². The molecular formula is C15H30BIO. The lowest BCUT2D eigenvalue weighted by atomic mass is 9.46. The monoisotopic (exact) mass is 364 g/mol. The lowest BCUT2D eigenvalue weighted by Crippen LogP contribution is -2.32. The van der Waals surface area contributed by atoms with E-state index in [1.165, 1.54) is 0 Å². The summed E-state index contributed by atoms with van der Waals surface area (Å²) in [6.45, 7) is 17.7. The Morgan fingerprint density at radius 3 is 1.89 bits per heavy atom. The minimum absolute atomic E-state index is 0.102. The molecule has 106 valence electrons. The quantitative estimate of drug-likeness (QED) is 0.375. The van der Waals surface area contributed by atoms with Crippen LogP contribution in [0.4, 0.5) is 0 Å². The molecule has 0 aromatic rings. The largest absolute Gasteiger partial charge is 0.312 e. The van der Waals surface area contributed by atoms with Crippen LogP contribution in [0.1, 0.15) is 68.2 Å². The minimum atomic E-state index is 0.102. The second kappa shape index (κ2) is 6.28. The van der Waals surface area contributed by atoms with Crippen molar-refractivity contribution >= 4 is 35.6 Å². The maximum atomic E-state index is 12.1. The second-order valence-electron chi connectivity index (χ2n) is 8.40. The third-order valence-electron chi connectivity index (χ3n) is 3.41. The molecule has 0 fully saturated rings. The molecule has 1 unspecified atom stereocenters. The first-order chi connectivity index (χ1) is 7.75. The van der Waals surface area contributed by atoms with Crippen molar-refractivity contribution in [3.63, 3.8) is 0 Å². The molecule has 1 nitrogen and oxygen atoms in total. The van der Waals surface area contributed by atoms with Gasteiger partial charge in [0.05, 0.1) is 5.68 Å². The lowest BCUT2D eigenvalue weighted by molar-refractivity contribution is -0.113. The fourth-order valence-electron chi connectivity index (χ4n) is 2.62. The van der Waals surface area contributed by atoms with Gasteiger partial charge in [0, 0.05) is 10.3 Å². The zero-order chi connectivity index (χ0) is 14.8. The number of carbonyl (C=O) groups excluding carboxylic acids is 1. The van der Waals surface area contributed by atoms with Gasteiger partial charge in [-0.3, -0.25) is 0 Å². The van der Waals surface area contributed by atoms with Crippen molar-refractivity contribution in [2.75, 3.05) is 0 Å². The number of alkyl halides is 1. The Balaban J connectivity index is 4.53. The summed E-state index contributed by atoms with van der Waals surface area (Å²) in [6, 6.07) is 0. The highest BCUT2D eigenvalue weighted by Gasteiger charge is 2.34. The van der Waals surface area contributed by atoms with Crippen LogP contribution in [0.3, 0.4) is 0 Å². The normalized spacial score (nSPS) is 15.4. The van der Waals surface area contributed by atoms with Crippen LogP contribution >= 0.6 is 22.6 Å². The van der Waals surface area contributed by atoms with Crippen LogP contribution in [-0.4, -0.2) is 16.9 Å². The van der Waals surface area contributed by atoms with E-state index < -0.39 is 0 Å². The zero-order valence-corrected chi connectivity index (χ0v) is 15.6. The molecule has 0 aromatic carbocycles. The van der Waals surface area contributed by atoms with Gasteiger partial charge in [0.15, 0.2) is 0 Å². The van der Waals surface area contributed by atoms with E-state index in [9.17, 15) is 4.79 Å². The molecule has 0 aliphatic carbocycles. The fraction of sp³-hybridized carbons (Fsp3) is 0.933. The first-order valence-electron chi connectivity index (χ1n) is 6.91. The summed E-state index contributed by atoms with van der Waals surface area (Å²) in [7, 11) is 0.705. The molecule has 1 atom stereocenters. The molecule has 0 saturated carbocycles.